The molecule has 0 aromatic carbocycles. The molecule has 19 heteroatoms. The first-order chi connectivity index (χ1) is 2.00. The Kier molecular flexibility index (Phi) is 21700. The van der Waals surface area contributed by atoms with E-state index in [2.05, 4.69) is 0 Å². The molecular formula is C19H76O4W15. The molecule has 0 aliphatic heterocycles. The van der Waals surface area contributed by atoms with Crippen molar-refractivity contribution in [3.05, 3.63) is 19.9 Å². The molecule has 0 bridgehead atoms. The molecule has 0 aromatic rings. The third kappa shape index (κ3) is 995. The van der Waals surface area contributed by atoms with E-state index >= 15 is 0 Å². The third-order valence-electron chi connectivity index (χ3n) is 0. The minimum Gasteiger partial charge on any atom is -0.0776 e. The van der Waals surface area contributed by atoms with Gasteiger partial charge in [0.1, 0.15) is 0 Å². The number of hydrogen-bond acceptors (Lipinski definition) is 4. The number of rotatable bonds is 0. The van der Waals surface area contributed by atoms with Gasteiger partial charge in [-0.25, -0.2) is 0 Å². The molecule has 0 rings (SSSR count). The van der Waals surface area contributed by atoms with E-state index in [0.29, 0.717) is 0 Å². The van der Waals surface area contributed by atoms with Crippen LogP contribution < -0.4 is 0 Å². The van der Waals surface area contributed by atoms with Crippen LogP contribution in [0.25, 0.3) is 0 Å². The summed E-state index contributed by atoms with van der Waals surface area (Å²) in [5, 5.41) is 0. The van der Waals surface area contributed by atoms with Crippen LogP contribution in [0.5, 0.6) is 0 Å². The first-order valence-corrected chi connectivity index (χ1v) is 0.333. The van der Waals surface area contributed by atoms with Crippen molar-refractivity contribution in [1.29, 1.82) is 0 Å². The van der Waals surface area contributed by atoms with Gasteiger partial charge in [0.2, 0.25) is 0 Å². The van der Waals surface area contributed by atoms with Gasteiger partial charge in [-0.15, -0.1) is 0 Å². The Hall–Kier alpha value is 9.52. The average Bonchev–Trinajstić information content (AvgIpc) is 1.50. The summed E-state index contributed by atoms with van der Waals surface area (Å²) in [6.45, 7) is 0. The van der Waals surface area contributed by atoms with Crippen molar-refractivity contribution in [2.75, 3.05) is 0 Å². The Balaban J connectivity index is -0.0000000000327. The third-order valence-corrected chi connectivity index (χ3v) is 0. The summed E-state index contributed by atoms with van der Waals surface area (Å²) in [6.07, 6.45) is 0. The van der Waals surface area contributed by atoms with Crippen LogP contribution in [0, 0.1) is 19.9 Å². The van der Waals surface area contributed by atoms with Crippen molar-refractivity contribution in [2.45, 2.75) is 141 Å². The molecule has 4 nitrogen and oxygen atoms in total. The normalized spacial score (nSPS) is 0.211. The molecule has 0 aliphatic rings. The van der Waals surface area contributed by atoms with Crippen LogP contribution in [-0.4, -0.2) is 0 Å². The monoisotopic (exact) mass is 3130 g/mol. The molecular weight excluding hydrogens is 3050 g/mol. The molecule has 0 saturated heterocycles. The van der Waals surface area contributed by atoms with Crippen molar-refractivity contribution >= 4 is 0 Å². The average molecular weight is 3130 g/mol. The fourth-order valence-electron chi connectivity index (χ4n) is 0. The van der Waals surface area contributed by atoms with Gasteiger partial charge in [0.05, 0.1) is 0 Å². The molecule has 0 amide bonds. The number of hydrogen-bond donors (Lipinski definition) is 0. The van der Waals surface area contributed by atoms with E-state index in [0.717, 1.165) is 0 Å². The van der Waals surface area contributed by atoms with Crippen LogP contribution in [0.3, 0.4) is 0 Å². The van der Waals surface area contributed by atoms with Crippen LogP contribution in [-0.2, 0) is 316 Å². The van der Waals surface area contributed by atoms with Gasteiger partial charge in [-0.05, 0) is 0 Å². The summed E-state index contributed by atoms with van der Waals surface area (Å²) in [7, 11) is 0. The molecule has 0 aliphatic carbocycles. The summed E-state index contributed by atoms with van der Waals surface area (Å²) < 4.78 is 0. The maximum absolute atomic E-state index is 7.00. The Morgan fingerprint density at radius 3 is 0.105 bits per heavy atom. The Morgan fingerprint density at radius 1 is 0.105 bits per heavy atom. The van der Waals surface area contributed by atoms with Gasteiger partial charge in [0.25, 0.3) is 0 Å². The van der Waals surface area contributed by atoms with Gasteiger partial charge in [0, 0.05) is 336 Å². The van der Waals surface area contributed by atoms with Crippen LogP contribution in [0.1, 0.15) is 141 Å². The Labute approximate surface area is 467 Å². The molecule has 0 unspecified atom stereocenters. The molecule has 0 atom stereocenters. The first kappa shape index (κ1) is 775. The second-order valence-corrected chi connectivity index (χ2v) is 0. The van der Waals surface area contributed by atoms with Crippen molar-refractivity contribution in [2.24, 2.45) is 0 Å². The molecule has 0 fully saturated rings. The van der Waals surface area contributed by atoms with E-state index < -0.39 is 0 Å². The Bertz CT molecular complexity index is 54.1. The smallest absolute Gasteiger partial charge is 0 e. The van der Waals surface area contributed by atoms with Gasteiger partial charge in [0.15, 0.2) is 0 Å². The topological polar surface area (TPSA) is 68.3 Å². The van der Waals surface area contributed by atoms with Gasteiger partial charge < -0.3 is 0 Å². The molecule has 0 N–H and O–H groups in total. The SMILES string of the molecule is C.C.C.C.C.C.C.C.C.C.C.C.C.C.C.C.C.C.C.O=O.O=O.[W].[W].[W].[W].[W].[W].[W].[W].[W].[W].[W].[W].[W].[W].[W]. The van der Waals surface area contributed by atoms with E-state index in [9.17, 15) is 0 Å². The van der Waals surface area contributed by atoms with E-state index in [1.54, 1.807) is 0 Å². The van der Waals surface area contributed by atoms with Crippen LogP contribution in [0.2, 0.25) is 0 Å². The second-order valence-electron chi connectivity index (χ2n) is 0. The van der Waals surface area contributed by atoms with Gasteiger partial charge in [-0.3, -0.25) is 0 Å². The van der Waals surface area contributed by atoms with Crippen molar-refractivity contribution < 1.29 is 316 Å². The van der Waals surface area contributed by atoms with Crippen molar-refractivity contribution in [3.63, 3.8) is 0 Å². The zero-order chi connectivity index (χ0) is 4.00. The summed E-state index contributed by atoms with van der Waals surface area (Å²) in [6, 6.07) is 0. The van der Waals surface area contributed by atoms with Crippen LogP contribution >= 0.6 is 0 Å². The summed E-state index contributed by atoms with van der Waals surface area (Å²) in [4.78, 5) is 28.0. The standard InChI is InChI=1S/19CH4.2O2.15W/c;;;;;;;;;;;;;;;;;;;2*1-2;;;;;;;;;;;;;;;/h19*1H4;;;;;;;;;;;;;;;;;. The zero-order valence-corrected chi connectivity index (χ0v) is 51.8. The molecule has 0 spiro atoms. The summed E-state index contributed by atoms with van der Waals surface area (Å²) >= 11 is 0. The fourth-order valence-corrected chi connectivity index (χ4v) is 0. The minimum absolute atomic E-state index is 0. The quantitative estimate of drug-likeness (QED) is 0.242. The predicted octanol–water partition coefficient (Wildman–Crippen LogP) is 12.2. The van der Waals surface area contributed by atoms with Gasteiger partial charge in [-0.2, -0.15) is 0 Å². The molecule has 0 aromatic heterocycles. The molecule has 0 radical (unpaired) electrons. The van der Waals surface area contributed by atoms with Crippen molar-refractivity contribution in [1.82, 2.24) is 0 Å². The minimum atomic E-state index is 0. The fraction of sp³-hybridized carbons (Fsp3) is 1.00. The van der Waals surface area contributed by atoms with E-state index in [-0.39, 0.29) is 457 Å². The van der Waals surface area contributed by atoms with Crippen LogP contribution in [0.15, 0.2) is 0 Å². The maximum atomic E-state index is 7.00. The first-order valence-electron chi connectivity index (χ1n) is 0.333. The molecule has 0 heterocycles. The maximum Gasteiger partial charge on any atom is 0 e. The van der Waals surface area contributed by atoms with Gasteiger partial charge >= 0.3 is 0 Å². The van der Waals surface area contributed by atoms with E-state index in [1.807, 2.05) is 0 Å². The molecule has 266 valence electrons. The largest absolute Gasteiger partial charge is 0.0776 e. The molecule has 38 heavy (non-hydrogen) atoms. The van der Waals surface area contributed by atoms with Crippen LogP contribution in [0.4, 0.5) is 0 Å². The predicted molar refractivity (Wildman–Crippen MR) is 141 cm³/mol. The zero-order valence-electron chi connectivity index (χ0n) is 7.76. The Morgan fingerprint density at radius 2 is 0.105 bits per heavy atom. The summed E-state index contributed by atoms with van der Waals surface area (Å²) in [5.74, 6) is 0. The molecule has 0 saturated carbocycles. The van der Waals surface area contributed by atoms with E-state index in [4.69, 9.17) is 19.9 Å². The van der Waals surface area contributed by atoms with Gasteiger partial charge in [-0.1, -0.05) is 141 Å². The van der Waals surface area contributed by atoms with E-state index in [1.165, 1.54) is 0 Å². The second kappa shape index (κ2) is 1060. The summed E-state index contributed by atoms with van der Waals surface area (Å²) in [5.41, 5.74) is 0. The van der Waals surface area contributed by atoms with Crippen molar-refractivity contribution in [3.8, 4) is 0 Å².